The zero-order chi connectivity index (χ0) is 14.3. The number of carboxylic acid groups (broad SMARTS) is 4. The third-order valence-corrected chi connectivity index (χ3v) is 4.20. The van der Waals surface area contributed by atoms with Gasteiger partial charge >= 0.3 is 23.9 Å². The molecule has 0 aliphatic heterocycles. The lowest BCUT2D eigenvalue weighted by Crippen LogP contribution is -2.36. The predicted octanol–water partition coefficient (Wildman–Crippen LogP) is -0.472. The Balaban J connectivity index is 4.76. The minimum absolute atomic E-state index is 0.432. The zero-order valence-electron chi connectivity index (χ0n) is 8.81. The van der Waals surface area contributed by atoms with Gasteiger partial charge in [0, 0.05) is 0 Å². The summed E-state index contributed by atoms with van der Waals surface area (Å²) in [4.78, 5) is 42.4. The highest BCUT2D eigenvalue weighted by Crippen LogP contribution is 2.25. The average Bonchev–Trinajstić information content (AvgIpc) is 2.20. The number of hydrogen-bond donors (Lipinski definition) is 4. The van der Waals surface area contributed by atoms with Crippen LogP contribution in [0, 0.1) is 0 Å². The molecule has 0 aromatic heterocycles. The molecular weight excluding hydrogens is 288 g/mol. The zero-order valence-corrected chi connectivity index (χ0v) is 10.4. The molecule has 0 heterocycles. The quantitative estimate of drug-likeness (QED) is 0.440. The third-order valence-electron chi connectivity index (χ3n) is 1.53. The van der Waals surface area contributed by atoms with Crippen LogP contribution in [0.4, 0.5) is 0 Å². The maximum absolute atomic E-state index is 10.9. The molecule has 4 N–H and O–H groups in total. The van der Waals surface area contributed by atoms with Gasteiger partial charge in [-0.1, -0.05) is 0 Å². The second kappa shape index (κ2) is 7.82. The van der Waals surface area contributed by atoms with Gasteiger partial charge in [-0.15, -0.1) is 23.5 Å². The van der Waals surface area contributed by atoms with Crippen LogP contribution in [-0.2, 0) is 19.2 Å². The van der Waals surface area contributed by atoms with E-state index in [1.807, 2.05) is 0 Å². The molecule has 0 bridgehead atoms. The van der Waals surface area contributed by atoms with E-state index in [4.69, 9.17) is 20.4 Å². The van der Waals surface area contributed by atoms with Crippen molar-refractivity contribution in [3.05, 3.63) is 0 Å². The van der Waals surface area contributed by atoms with Crippen molar-refractivity contribution in [1.82, 2.24) is 0 Å². The predicted molar refractivity (Wildman–Crippen MR) is 63.0 cm³/mol. The highest BCUT2D eigenvalue weighted by atomic mass is 32.2. The first-order chi connectivity index (χ1) is 8.25. The highest BCUT2D eigenvalue weighted by Gasteiger charge is 2.35. The summed E-state index contributed by atoms with van der Waals surface area (Å²) >= 11 is 0.864. The fraction of sp³-hybridized carbons (Fsp3) is 0.500. The fourth-order valence-corrected chi connectivity index (χ4v) is 2.88. The molecule has 18 heavy (non-hydrogen) atoms. The monoisotopic (exact) mass is 298 g/mol. The van der Waals surface area contributed by atoms with Gasteiger partial charge in [-0.3, -0.25) is 19.2 Å². The second-order valence-electron chi connectivity index (χ2n) is 2.93. The maximum Gasteiger partial charge on any atom is 0.318 e. The van der Waals surface area contributed by atoms with Crippen molar-refractivity contribution in [2.24, 2.45) is 0 Å². The van der Waals surface area contributed by atoms with E-state index in [9.17, 15) is 19.2 Å². The van der Waals surface area contributed by atoms with Crippen molar-refractivity contribution in [3.63, 3.8) is 0 Å². The number of aliphatic carboxylic acids is 4. The molecule has 10 heteroatoms. The molecule has 0 aromatic carbocycles. The Kier molecular flexibility index (Phi) is 7.20. The minimum Gasteiger partial charge on any atom is -0.481 e. The molecular formula is C8H10O8S2. The average molecular weight is 298 g/mol. The molecule has 0 saturated carbocycles. The van der Waals surface area contributed by atoms with Crippen LogP contribution in [0.3, 0.4) is 0 Å². The first-order valence-electron chi connectivity index (χ1n) is 4.38. The highest BCUT2D eigenvalue weighted by molar-refractivity contribution is 8.05. The molecule has 2 atom stereocenters. The SMILES string of the molecule is O=C(O)CSC(C(=O)O)C(SCC(=O)O)C(=O)O. The molecule has 0 aliphatic rings. The van der Waals surface area contributed by atoms with Crippen LogP contribution in [0.1, 0.15) is 0 Å². The number of carboxylic acids is 4. The molecule has 0 fully saturated rings. The van der Waals surface area contributed by atoms with E-state index in [0.717, 1.165) is 0 Å². The van der Waals surface area contributed by atoms with E-state index >= 15 is 0 Å². The summed E-state index contributed by atoms with van der Waals surface area (Å²) in [5.74, 6) is -6.70. The van der Waals surface area contributed by atoms with Crippen molar-refractivity contribution in [2.45, 2.75) is 10.5 Å². The maximum atomic E-state index is 10.9. The first-order valence-corrected chi connectivity index (χ1v) is 6.47. The smallest absolute Gasteiger partial charge is 0.318 e. The Morgan fingerprint density at radius 3 is 1.17 bits per heavy atom. The summed E-state index contributed by atoms with van der Waals surface area (Å²) in [5, 5.41) is 31.5. The van der Waals surface area contributed by atoms with Crippen molar-refractivity contribution in [1.29, 1.82) is 0 Å². The van der Waals surface area contributed by atoms with Gasteiger partial charge in [0.2, 0.25) is 0 Å². The van der Waals surface area contributed by atoms with Crippen LogP contribution in [0.2, 0.25) is 0 Å². The van der Waals surface area contributed by atoms with Gasteiger partial charge in [-0.25, -0.2) is 0 Å². The Bertz CT molecular complexity index is 321. The van der Waals surface area contributed by atoms with E-state index in [1.165, 1.54) is 0 Å². The van der Waals surface area contributed by atoms with E-state index in [1.54, 1.807) is 0 Å². The van der Waals surface area contributed by atoms with E-state index in [2.05, 4.69) is 0 Å². The van der Waals surface area contributed by atoms with Gasteiger partial charge in [0.05, 0.1) is 11.5 Å². The van der Waals surface area contributed by atoms with Crippen LogP contribution in [-0.4, -0.2) is 66.3 Å². The van der Waals surface area contributed by atoms with E-state index < -0.39 is 45.9 Å². The topological polar surface area (TPSA) is 149 Å². The molecule has 102 valence electrons. The van der Waals surface area contributed by atoms with Crippen LogP contribution >= 0.6 is 23.5 Å². The second-order valence-corrected chi connectivity index (χ2v) is 5.19. The fourth-order valence-electron chi connectivity index (χ4n) is 0.898. The molecule has 0 spiro atoms. The minimum atomic E-state index is -1.53. The molecule has 0 saturated heterocycles. The summed E-state index contributed by atoms with van der Waals surface area (Å²) in [5.41, 5.74) is 0. The van der Waals surface area contributed by atoms with Crippen molar-refractivity contribution >= 4 is 47.4 Å². The largest absolute Gasteiger partial charge is 0.481 e. The molecule has 2 unspecified atom stereocenters. The van der Waals surface area contributed by atoms with Gasteiger partial charge in [-0.2, -0.15) is 0 Å². The molecule has 0 radical (unpaired) electrons. The normalized spacial score (nSPS) is 13.6. The van der Waals surface area contributed by atoms with Gasteiger partial charge in [-0.05, 0) is 0 Å². The Morgan fingerprint density at radius 1 is 0.722 bits per heavy atom. The van der Waals surface area contributed by atoms with Gasteiger partial charge < -0.3 is 20.4 Å². The molecule has 8 nitrogen and oxygen atoms in total. The first kappa shape index (κ1) is 16.6. The van der Waals surface area contributed by atoms with Crippen molar-refractivity contribution < 1.29 is 39.6 Å². The molecule has 0 aromatic rings. The van der Waals surface area contributed by atoms with Crippen LogP contribution < -0.4 is 0 Å². The molecule has 0 rings (SSSR count). The van der Waals surface area contributed by atoms with E-state index in [0.29, 0.717) is 23.5 Å². The molecule has 0 aliphatic carbocycles. The summed E-state index contributed by atoms with van der Waals surface area (Å²) in [6.07, 6.45) is 0. The van der Waals surface area contributed by atoms with Crippen LogP contribution in [0.5, 0.6) is 0 Å². The van der Waals surface area contributed by atoms with Gasteiger partial charge in [0.25, 0.3) is 0 Å². The van der Waals surface area contributed by atoms with Gasteiger partial charge in [0.15, 0.2) is 0 Å². The Morgan fingerprint density at radius 2 is 1.00 bits per heavy atom. The standard InChI is InChI=1S/C8H10O8S2/c9-3(10)1-17-5(7(13)14)6(8(15)16)18-2-4(11)12/h5-6H,1-2H2,(H,9,10)(H,11,12)(H,13,14)(H,15,16). The lowest BCUT2D eigenvalue weighted by atomic mass is 10.3. The Labute approximate surface area is 109 Å². The van der Waals surface area contributed by atoms with Crippen molar-refractivity contribution in [2.75, 3.05) is 11.5 Å². The van der Waals surface area contributed by atoms with E-state index in [-0.39, 0.29) is 0 Å². The van der Waals surface area contributed by atoms with Gasteiger partial charge in [0.1, 0.15) is 10.5 Å². The number of carbonyl (C=O) groups is 4. The lowest BCUT2D eigenvalue weighted by molar-refractivity contribution is -0.142. The summed E-state index contributed by atoms with van der Waals surface area (Å²) < 4.78 is 0. The summed E-state index contributed by atoms with van der Waals surface area (Å²) in [6.45, 7) is 0. The molecule has 0 amide bonds. The lowest BCUT2D eigenvalue weighted by Gasteiger charge is -2.18. The number of rotatable bonds is 9. The number of hydrogen-bond acceptors (Lipinski definition) is 6. The van der Waals surface area contributed by atoms with Crippen molar-refractivity contribution in [3.8, 4) is 0 Å². The van der Waals surface area contributed by atoms with Crippen LogP contribution in [0.25, 0.3) is 0 Å². The summed E-state index contributed by atoms with van der Waals surface area (Å²) in [6, 6.07) is 0. The van der Waals surface area contributed by atoms with Crippen LogP contribution in [0.15, 0.2) is 0 Å². The summed E-state index contributed by atoms with van der Waals surface area (Å²) in [7, 11) is 0. The Hall–Kier alpha value is -1.42. The third kappa shape index (κ3) is 6.35. The number of thioether (sulfide) groups is 2.